The minimum absolute atomic E-state index is 0.0230. The molecule has 0 fully saturated rings. The Hall–Kier alpha value is -3.99. The highest BCUT2D eigenvalue weighted by atomic mass is 19.4. The fourth-order valence-electron chi connectivity index (χ4n) is 5.12. The van der Waals surface area contributed by atoms with Crippen LogP contribution < -0.4 is 4.74 Å². The second-order valence-electron chi connectivity index (χ2n) is 14.3. The summed E-state index contributed by atoms with van der Waals surface area (Å²) in [4.78, 5) is 8.04. The number of halogens is 27. The Bertz CT molecular complexity index is 1990. The Morgan fingerprint density at radius 2 is 0.914 bits per heavy atom. The van der Waals surface area contributed by atoms with Crippen LogP contribution in [0.5, 0.6) is 5.75 Å². The molecule has 1 aromatic heterocycles. The first-order chi connectivity index (χ1) is 31.3. The van der Waals surface area contributed by atoms with Gasteiger partial charge >= 0.3 is 78.4 Å². The Balaban J connectivity index is 2.27. The van der Waals surface area contributed by atoms with E-state index in [-0.39, 0.29) is 17.1 Å². The number of aryl methyl sites for hydroxylation is 1. The highest BCUT2D eigenvalue weighted by molar-refractivity contribution is 5.66. The van der Waals surface area contributed by atoms with Crippen LogP contribution in [-0.4, -0.2) is 119 Å². The molecule has 0 saturated heterocycles. The summed E-state index contributed by atoms with van der Waals surface area (Å²) in [5, 5.41) is 10.2. The van der Waals surface area contributed by atoms with Crippen LogP contribution >= 0.6 is 0 Å². The second-order valence-corrected chi connectivity index (χ2v) is 14.3. The highest BCUT2D eigenvalue weighted by Gasteiger charge is 2.89. The molecule has 0 bridgehead atoms. The molecule has 35 heteroatoms. The number of aliphatic hydroxyl groups excluding tert-OH is 1. The summed E-state index contributed by atoms with van der Waals surface area (Å²) in [5.74, 6) is -49.2. The summed E-state index contributed by atoms with van der Waals surface area (Å²) in [6.07, 6.45) is -53.0. The average Bonchev–Trinajstić information content (AvgIpc) is 3.19. The number of benzene rings is 1. The van der Waals surface area contributed by atoms with E-state index in [1.54, 1.807) is 0 Å². The molecule has 0 spiro atoms. The highest BCUT2D eigenvalue weighted by Crippen LogP contribution is 2.60. The molecular weight excluding hydrogens is 1060 g/mol. The number of para-hydroxylation sites is 1. The maximum Gasteiger partial charge on any atom is 0.460 e. The van der Waals surface area contributed by atoms with Gasteiger partial charge in [0, 0.05) is 12.4 Å². The lowest BCUT2D eigenvalue weighted by Gasteiger charge is -2.40. The number of ether oxygens (including phenoxy) is 5. The van der Waals surface area contributed by atoms with Gasteiger partial charge < -0.3 is 14.6 Å². The monoisotopic (exact) mass is 1090 g/mol. The van der Waals surface area contributed by atoms with Gasteiger partial charge in [-0.2, -0.15) is 119 Å². The maximum absolute atomic E-state index is 14.4. The number of nitrogens with zero attached hydrogens (tertiary/aromatic N) is 2. The molecule has 1 N–H and O–H groups in total. The van der Waals surface area contributed by atoms with Crippen molar-refractivity contribution in [3.05, 3.63) is 42.2 Å². The molecule has 0 radical (unpaired) electrons. The fraction of sp³-hybridized carbons (Fsp3) is 0.714. The van der Waals surface area contributed by atoms with Gasteiger partial charge in [0.1, 0.15) is 25.1 Å². The van der Waals surface area contributed by atoms with Gasteiger partial charge in [-0.3, -0.25) is 0 Å². The first-order valence-electron chi connectivity index (χ1n) is 18.8. The number of aromatic nitrogens is 2. The van der Waals surface area contributed by atoms with Gasteiger partial charge in [-0.05, 0) is 30.5 Å². The summed E-state index contributed by atoms with van der Waals surface area (Å²) >= 11 is 0. The number of alkyl halides is 27. The van der Waals surface area contributed by atoms with E-state index in [9.17, 15) is 124 Å². The molecule has 70 heavy (non-hydrogen) atoms. The number of hydrogen-bond donors (Lipinski definition) is 1. The zero-order valence-electron chi connectivity index (χ0n) is 34.2. The van der Waals surface area contributed by atoms with Crippen molar-refractivity contribution in [3.63, 3.8) is 0 Å². The minimum atomic E-state index is -8.75. The van der Waals surface area contributed by atoms with Crippen LogP contribution in [0.15, 0.2) is 36.7 Å². The molecular formula is C35H31F27N2O6. The molecule has 1 atom stereocenters. The van der Waals surface area contributed by atoms with Crippen LogP contribution in [0.25, 0.3) is 11.4 Å². The van der Waals surface area contributed by atoms with E-state index in [2.05, 4.69) is 14.7 Å². The van der Waals surface area contributed by atoms with Crippen molar-refractivity contribution in [1.82, 2.24) is 9.97 Å². The third-order valence-corrected chi connectivity index (χ3v) is 8.89. The van der Waals surface area contributed by atoms with Gasteiger partial charge in [-0.15, -0.1) is 0 Å². The van der Waals surface area contributed by atoms with Crippen LogP contribution in [0.2, 0.25) is 0 Å². The SMILES string of the molecule is CCCCCCCCc1cccc(-c2ncccn2)c1OCC(O)COCC(F)(F)C(F)(F)C(F)(F)C(F)(F)C(F)(F)OC(F)(F)C(F)(F)OC(F)(F)C(F)(F)OC(F)(F)C(F)(F)C(F)(F)C(F)(F)F. The van der Waals surface area contributed by atoms with E-state index in [1.165, 1.54) is 36.7 Å². The lowest BCUT2D eigenvalue weighted by Crippen LogP contribution is -2.70. The molecule has 8 nitrogen and oxygen atoms in total. The van der Waals surface area contributed by atoms with Crippen LogP contribution in [-0.2, 0) is 25.4 Å². The Morgan fingerprint density at radius 3 is 1.37 bits per heavy atom. The zero-order valence-corrected chi connectivity index (χ0v) is 34.2. The number of rotatable bonds is 29. The molecule has 1 unspecified atom stereocenters. The van der Waals surface area contributed by atoms with Gasteiger partial charge in [0.2, 0.25) is 0 Å². The minimum Gasteiger partial charge on any atom is -0.490 e. The summed E-state index contributed by atoms with van der Waals surface area (Å²) in [5.41, 5.74) is 0.590. The predicted octanol–water partition coefficient (Wildman–Crippen LogP) is 12.8. The first kappa shape index (κ1) is 62.1. The molecule has 0 aliphatic rings. The van der Waals surface area contributed by atoms with Crippen molar-refractivity contribution in [2.24, 2.45) is 0 Å². The summed E-state index contributed by atoms with van der Waals surface area (Å²) in [7, 11) is 0. The third kappa shape index (κ3) is 12.8. The number of unbranched alkanes of at least 4 members (excludes halogenated alkanes) is 5. The molecule has 1 aromatic carbocycles. The molecule has 2 aromatic rings. The van der Waals surface area contributed by atoms with Crippen LogP contribution in [0, 0.1) is 0 Å². The maximum atomic E-state index is 14.4. The molecule has 2 rings (SSSR count). The average molecular weight is 1090 g/mol. The van der Waals surface area contributed by atoms with Gasteiger partial charge in [-0.25, -0.2) is 24.2 Å². The third-order valence-electron chi connectivity index (χ3n) is 8.89. The predicted molar refractivity (Wildman–Crippen MR) is 176 cm³/mol. The smallest absolute Gasteiger partial charge is 0.460 e. The van der Waals surface area contributed by atoms with Crippen LogP contribution in [0.1, 0.15) is 51.0 Å². The van der Waals surface area contributed by atoms with E-state index in [4.69, 9.17) is 4.74 Å². The summed E-state index contributed by atoms with van der Waals surface area (Å²) in [6, 6.07) is 5.88. The van der Waals surface area contributed by atoms with Gasteiger partial charge in [0.15, 0.2) is 5.82 Å². The van der Waals surface area contributed by atoms with Crippen molar-refractivity contribution in [2.45, 2.75) is 136 Å². The van der Waals surface area contributed by atoms with Crippen molar-refractivity contribution in [1.29, 1.82) is 0 Å². The van der Waals surface area contributed by atoms with Gasteiger partial charge in [0.25, 0.3) is 0 Å². The normalized spacial score (nSPS) is 15.4. The fourth-order valence-corrected chi connectivity index (χ4v) is 5.12. The van der Waals surface area contributed by atoms with Crippen LogP contribution in [0.4, 0.5) is 119 Å². The lowest BCUT2D eigenvalue weighted by atomic mass is 9.98. The zero-order chi connectivity index (χ0) is 54.7. The van der Waals surface area contributed by atoms with Gasteiger partial charge in [0.05, 0.1) is 12.2 Å². The van der Waals surface area contributed by atoms with E-state index in [0.717, 1.165) is 46.3 Å². The Kier molecular flexibility index (Phi) is 18.8. The summed E-state index contributed by atoms with van der Waals surface area (Å²) in [6.45, 7) is -4.08. The van der Waals surface area contributed by atoms with E-state index < -0.39 is 104 Å². The second kappa shape index (κ2) is 21.2. The molecule has 0 amide bonds. The van der Waals surface area contributed by atoms with E-state index >= 15 is 0 Å². The lowest BCUT2D eigenvalue weighted by molar-refractivity contribution is -0.577. The van der Waals surface area contributed by atoms with E-state index in [0.29, 0.717) is 18.4 Å². The largest absolute Gasteiger partial charge is 0.490 e. The first-order valence-corrected chi connectivity index (χ1v) is 18.8. The standard InChI is InChI=1S/C35H31F27N2O6/c1-2-3-4-5-6-7-10-18-11-8-12-20(22-63-13-9-14-64-22)21(18)67-16-19(65)15-66-17-23(36,37)24(38,39)25(40,41)27(44,45)30(51,52)68-32(55,56)34(59,60)70-35(61,62)33(57,58)69-31(53,54)28(46,47)26(42,43)29(48,49)50/h8-9,11-14,19,65H,2-7,10,15-17H2,1H3. The molecule has 406 valence electrons. The van der Waals surface area contributed by atoms with Crippen molar-refractivity contribution < 1.29 is 147 Å². The quantitative estimate of drug-likeness (QED) is 0.0636. The molecule has 1 heterocycles. The number of hydrogen-bond acceptors (Lipinski definition) is 8. The van der Waals surface area contributed by atoms with E-state index in [1.807, 2.05) is 6.92 Å². The Labute approximate surface area is 373 Å². The Morgan fingerprint density at radius 1 is 0.486 bits per heavy atom. The molecule has 0 aliphatic carbocycles. The van der Waals surface area contributed by atoms with Crippen molar-refractivity contribution in [3.8, 4) is 17.1 Å². The summed E-state index contributed by atoms with van der Waals surface area (Å²) < 4.78 is 380. The van der Waals surface area contributed by atoms with Crippen molar-refractivity contribution >= 4 is 0 Å². The topological polar surface area (TPSA) is 92.2 Å². The van der Waals surface area contributed by atoms with Crippen molar-refractivity contribution in [2.75, 3.05) is 19.8 Å². The van der Waals surface area contributed by atoms with Crippen LogP contribution in [0.3, 0.4) is 0 Å². The molecule has 0 saturated carbocycles. The molecule has 0 aliphatic heterocycles. The van der Waals surface area contributed by atoms with Gasteiger partial charge in [-0.1, -0.05) is 51.2 Å². The number of aliphatic hydroxyl groups is 1.